The molecule has 0 spiro atoms. The molecular formula is C16H20F2N2. The molecule has 0 aliphatic heterocycles. The van der Waals surface area contributed by atoms with E-state index in [1.165, 1.54) is 17.8 Å². The highest BCUT2D eigenvalue weighted by Crippen LogP contribution is 2.16. The number of hydrogen-bond acceptors (Lipinski definition) is 2. The Morgan fingerprint density at radius 2 is 1.75 bits per heavy atom. The first-order valence-electron chi connectivity index (χ1n) is 6.81. The zero-order chi connectivity index (χ0) is 14.4. The lowest BCUT2D eigenvalue weighted by molar-refractivity contribution is 0.00525. The zero-order valence-corrected chi connectivity index (χ0v) is 11.6. The second-order valence-corrected chi connectivity index (χ2v) is 4.99. The van der Waals surface area contributed by atoms with Gasteiger partial charge in [-0.25, -0.2) is 8.78 Å². The van der Waals surface area contributed by atoms with Crippen molar-refractivity contribution in [3.05, 3.63) is 48.0 Å². The van der Waals surface area contributed by atoms with Gasteiger partial charge in [-0.1, -0.05) is 42.5 Å². The molecule has 20 heavy (non-hydrogen) atoms. The van der Waals surface area contributed by atoms with Crippen LogP contribution < -0.4 is 10.6 Å². The number of halogens is 2. The number of hydrogen-bond donors (Lipinski definition) is 2. The maximum atomic E-state index is 13.2. The molecular weight excluding hydrogens is 258 g/mol. The third-order valence-corrected chi connectivity index (χ3v) is 3.22. The first-order valence-corrected chi connectivity index (χ1v) is 6.81. The molecule has 0 heterocycles. The van der Waals surface area contributed by atoms with E-state index in [9.17, 15) is 8.78 Å². The van der Waals surface area contributed by atoms with Gasteiger partial charge in [-0.15, -0.1) is 0 Å². The fraction of sp³-hybridized carbons (Fsp3) is 0.375. The van der Waals surface area contributed by atoms with E-state index in [2.05, 4.69) is 41.0 Å². The van der Waals surface area contributed by atoms with Crippen LogP contribution in [0.3, 0.4) is 0 Å². The summed E-state index contributed by atoms with van der Waals surface area (Å²) in [4.78, 5) is 0. The van der Waals surface area contributed by atoms with E-state index in [0.717, 1.165) is 12.0 Å². The average molecular weight is 278 g/mol. The highest BCUT2D eigenvalue weighted by molar-refractivity contribution is 5.82. The smallest absolute Gasteiger partial charge is 0.272 e. The van der Waals surface area contributed by atoms with Crippen molar-refractivity contribution in [3.63, 3.8) is 0 Å². The minimum atomic E-state index is -2.70. The van der Waals surface area contributed by atoms with Crippen molar-refractivity contribution in [2.75, 3.05) is 26.7 Å². The molecule has 0 radical (unpaired) electrons. The Labute approximate surface area is 118 Å². The molecule has 0 aliphatic rings. The number of alkyl halides is 2. The molecule has 0 saturated heterocycles. The molecule has 2 N–H and O–H groups in total. The van der Waals surface area contributed by atoms with Crippen molar-refractivity contribution in [3.8, 4) is 0 Å². The van der Waals surface area contributed by atoms with Crippen LogP contribution in [0.15, 0.2) is 42.5 Å². The lowest BCUT2D eigenvalue weighted by atomic mass is 10.1. The summed E-state index contributed by atoms with van der Waals surface area (Å²) in [7, 11) is 1.53. The van der Waals surface area contributed by atoms with E-state index in [4.69, 9.17) is 0 Å². The number of nitrogens with one attached hydrogen (secondary N) is 2. The molecule has 2 nitrogen and oxygen atoms in total. The predicted octanol–water partition coefficient (Wildman–Crippen LogP) is 2.83. The van der Waals surface area contributed by atoms with Crippen LogP contribution >= 0.6 is 0 Å². The van der Waals surface area contributed by atoms with Crippen LogP contribution in [0.25, 0.3) is 10.8 Å². The third kappa shape index (κ3) is 4.25. The van der Waals surface area contributed by atoms with E-state index in [-0.39, 0.29) is 13.1 Å². The first-order chi connectivity index (χ1) is 9.61. The van der Waals surface area contributed by atoms with Crippen LogP contribution in [-0.4, -0.2) is 32.6 Å². The van der Waals surface area contributed by atoms with Gasteiger partial charge in [0.15, 0.2) is 0 Å². The lowest BCUT2D eigenvalue weighted by Gasteiger charge is -2.16. The fourth-order valence-electron chi connectivity index (χ4n) is 2.22. The second-order valence-electron chi connectivity index (χ2n) is 4.99. The standard InChI is InChI=1S/C16H20F2N2/c1-19-11-16(17,18)12-20-9-8-13-6-7-14-4-2-3-5-15(14)10-13/h2-7,10,19-20H,8-9,11-12H2,1H3. The van der Waals surface area contributed by atoms with Gasteiger partial charge in [-0.2, -0.15) is 0 Å². The molecule has 2 aromatic rings. The van der Waals surface area contributed by atoms with Crippen LogP contribution in [0.4, 0.5) is 8.78 Å². The van der Waals surface area contributed by atoms with Gasteiger partial charge < -0.3 is 10.6 Å². The van der Waals surface area contributed by atoms with Gasteiger partial charge in [0.1, 0.15) is 0 Å². The molecule has 2 rings (SSSR count). The summed E-state index contributed by atoms with van der Waals surface area (Å²) in [5.74, 6) is -2.70. The summed E-state index contributed by atoms with van der Waals surface area (Å²) in [6.45, 7) is -0.0327. The van der Waals surface area contributed by atoms with Gasteiger partial charge in [0.25, 0.3) is 5.92 Å². The third-order valence-electron chi connectivity index (χ3n) is 3.22. The molecule has 4 heteroatoms. The quantitative estimate of drug-likeness (QED) is 0.761. The van der Waals surface area contributed by atoms with Gasteiger partial charge in [-0.05, 0) is 36.3 Å². The van der Waals surface area contributed by atoms with E-state index in [1.807, 2.05) is 12.1 Å². The zero-order valence-electron chi connectivity index (χ0n) is 11.6. The number of rotatable bonds is 7. The van der Waals surface area contributed by atoms with Crippen molar-refractivity contribution in [1.29, 1.82) is 0 Å². The Morgan fingerprint density at radius 3 is 2.50 bits per heavy atom. The molecule has 108 valence electrons. The van der Waals surface area contributed by atoms with Gasteiger partial charge >= 0.3 is 0 Å². The van der Waals surface area contributed by atoms with Gasteiger partial charge in [-0.3, -0.25) is 0 Å². The van der Waals surface area contributed by atoms with Gasteiger partial charge in [0.2, 0.25) is 0 Å². The maximum absolute atomic E-state index is 13.2. The Morgan fingerprint density at radius 1 is 1.00 bits per heavy atom. The van der Waals surface area contributed by atoms with Crippen LogP contribution in [0.5, 0.6) is 0 Å². The molecule has 0 amide bonds. The first kappa shape index (κ1) is 14.9. The highest BCUT2D eigenvalue weighted by Gasteiger charge is 2.26. The van der Waals surface area contributed by atoms with E-state index in [1.54, 1.807) is 0 Å². The lowest BCUT2D eigenvalue weighted by Crippen LogP contribution is -2.40. The summed E-state index contributed by atoms with van der Waals surface area (Å²) in [6.07, 6.45) is 0.750. The molecule has 0 unspecified atom stereocenters. The number of benzene rings is 2. The summed E-state index contributed by atoms with van der Waals surface area (Å²) < 4.78 is 26.5. The summed E-state index contributed by atoms with van der Waals surface area (Å²) in [5, 5.41) is 7.70. The monoisotopic (exact) mass is 278 g/mol. The van der Waals surface area contributed by atoms with Crippen molar-refractivity contribution < 1.29 is 8.78 Å². The Kier molecular flexibility index (Phi) is 5.04. The predicted molar refractivity (Wildman–Crippen MR) is 79.4 cm³/mol. The van der Waals surface area contributed by atoms with Crippen LogP contribution in [0.2, 0.25) is 0 Å². The summed E-state index contributed by atoms with van der Waals surface area (Å²) in [5.41, 5.74) is 1.16. The van der Waals surface area contributed by atoms with Gasteiger partial charge in [0.05, 0.1) is 13.1 Å². The van der Waals surface area contributed by atoms with Crippen molar-refractivity contribution >= 4 is 10.8 Å². The largest absolute Gasteiger partial charge is 0.314 e. The fourth-order valence-corrected chi connectivity index (χ4v) is 2.22. The molecule has 0 atom stereocenters. The van der Waals surface area contributed by atoms with E-state index >= 15 is 0 Å². The van der Waals surface area contributed by atoms with Gasteiger partial charge in [0, 0.05) is 0 Å². The van der Waals surface area contributed by atoms with Crippen molar-refractivity contribution in [2.24, 2.45) is 0 Å². The Balaban J connectivity index is 1.84. The maximum Gasteiger partial charge on any atom is 0.272 e. The van der Waals surface area contributed by atoms with Crippen LogP contribution in [0.1, 0.15) is 5.56 Å². The minimum absolute atomic E-state index is 0.290. The van der Waals surface area contributed by atoms with E-state index < -0.39 is 5.92 Å². The molecule has 0 saturated carbocycles. The van der Waals surface area contributed by atoms with Crippen LogP contribution in [0, 0.1) is 0 Å². The number of fused-ring (bicyclic) bond motifs is 1. The normalized spacial score (nSPS) is 11.9. The SMILES string of the molecule is CNCC(F)(F)CNCCc1ccc2ccccc2c1. The molecule has 0 aliphatic carbocycles. The Bertz CT molecular complexity index is 555. The average Bonchev–Trinajstić information content (AvgIpc) is 2.43. The topological polar surface area (TPSA) is 24.1 Å². The summed E-state index contributed by atoms with van der Waals surface area (Å²) in [6, 6.07) is 14.4. The molecule has 2 aromatic carbocycles. The summed E-state index contributed by atoms with van der Waals surface area (Å²) >= 11 is 0. The van der Waals surface area contributed by atoms with Crippen molar-refractivity contribution in [2.45, 2.75) is 12.3 Å². The Hall–Kier alpha value is -1.52. The minimum Gasteiger partial charge on any atom is -0.314 e. The second kappa shape index (κ2) is 6.77. The van der Waals surface area contributed by atoms with Crippen molar-refractivity contribution in [1.82, 2.24) is 10.6 Å². The van der Waals surface area contributed by atoms with Crippen LogP contribution in [-0.2, 0) is 6.42 Å². The highest BCUT2D eigenvalue weighted by atomic mass is 19.3. The van der Waals surface area contributed by atoms with E-state index in [0.29, 0.717) is 6.54 Å². The molecule has 0 aromatic heterocycles. The molecule has 0 bridgehead atoms. The molecule has 0 fully saturated rings.